The highest BCUT2D eigenvalue weighted by molar-refractivity contribution is 7.16. The van der Waals surface area contributed by atoms with Gasteiger partial charge >= 0.3 is 0 Å². The van der Waals surface area contributed by atoms with Gasteiger partial charge in [-0.05, 0) is 31.3 Å². The first-order chi connectivity index (χ1) is 9.85. The average molecular weight is 304 g/mol. The Hall–Kier alpha value is 0.350. The number of rotatable bonds is 16. The second-order valence-electron chi connectivity index (χ2n) is 6.00. The zero-order valence-corrected chi connectivity index (χ0v) is 14.5. The van der Waals surface area contributed by atoms with E-state index in [1.807, 2.05) is 0 Å². The monoisotopic (exact) mass is 304 g/mol. The van der Waals surface area contributed by atoms with Crippen LogP contribution in [0, 0.1) is 5.92 Å². The number of unbranched alkanes of at least 4 members (excludes halogenated alkanes) is 8. The maximum Gasteiger partial charge on any atom is 0.0431 e. The minimum atomic E-state index is 0.353. The molecule has 2 nitrogen and oxygen atoms in total. The fraction of sp³-hybridized carbons (Fsp3) is 1.00. The number of aliphatic hydroxyl groups is 2. The molecule has 0 amide bonds. The van der Waals surface area contributed by atoms with Crippen LogP contribution in [0.4, 0.5) is 0 Å². The molecule has 2 N–H and O–H groups in total. The summed E-state index contributed by atoms with van der Waals surface area (Å²) < 4.78 is 0. The Morgan fingerprint density at radius 2 is 0.950 bits per heavy atom. The molecular formula is C17H37O2P. The van der Waals surface area contributed by atoms with Gasteiger partial charge in [-0.3, -0.25) is 0 Å². The molecule has 0 aliphatic carbocycles. The van der Waals surface area contributed by atoms with Crippen LogP contribution in [-0.2, 0) is 0 Å². The van der Waals surface area contributed by atoms with E-state index in [4.69, 9.17) is 10.2 Å². The van der Waals surface area contributed by atoms with Gasteiger partial charge in [0.25, 0.3) is 0 Å². The average Bonchev–Trinajstić information content (AvgIpc) is 2.46. The van der Waals surface area contributed by atoms with Crippen molar-refractivity contribution in [2.24, 2.45) is 5.92 Å². The van der Waals surface area contributed by atoms with E-state index in [2.05, 4.69) is 9.24 Å². The van der Waals surface area contributed by atoms with Crippen LogP contribution in [0.5, 0.6) is 0 Å². The first kappa shape index (κ1) is 20.3. The van der Waals surface area contributed by atoms with Crippen molar-refractivity contribution < 1.29 is 10.2 Å². The standard InChI is InChI=1S/C17H37O2P/c18-14-9-5-1-3-7-11-17(13-16-20)12-8-4-2-6-10-15-19/h17-19H,1-16,20H2. The van der Waals surface area contributed by atoms with Gasteiger partial charge in [0.2, 0.25) is 0 Å². The third-order valence-corrected chi connectivity index (χ3v) is 4.45. The van der Waals surface area contributed by atoms with Crippen molar-refractivity contribution in [2.45, 2.75) is 83.5 Å². The Bertz CT molecular complexity index is 160. The van der Waals surface area contributed by atoms with Crippen LogP contribution in [0.1, 0.15) is 83.5 Å². The lowest BCUT2D eigenvalue weighted by atomic mass is 9.92. The molecular weight excluding hydrogens is 267 g/mol. The second-order valence-corrected chi connectivity index (χ2v) is 6.58. The van der Waals surface area contributed by atoms with Crippen LogP contribution in [0.15, 0.2) is 0 Å². The smallest absolute Gasteiger partial charge is 0.0431 e. The predicted octanol–water partition coefficient (Wildman–Crippen LogP) is 4.53. The largest absolute Gasteiger partial charge is 0.396 e. The Labute approximate surface area is 128 Å². The van der Waals surface area contributed by atoms with Gasteiger partial charge in [0.1, 0.15) is 0 Å². The molecule has 1 atom stereocenters. The lowest BCUT2D eigenvalue weighted by Gasteiger charge is -2.15. The highest BCUT2D eigenvalue weighted by Crippen LogP contribution is 2.22. The Morgan fingerprint density at radius 3 is 1.35 bits per heavy atom. The van der Waals surface area contributed by atoms with Crippen LogP contribution in [0.2, 0.25) is 0 Å². The molecule has 1 unspecified atom stereocenters. The molecule has 0 spiro atoms. The van der Waals surface area contributed by atoms with E-state index < -0.39 is 0 Å². The van der Waals surface area contributed by atoms with Crippen molar-refractivity contribution in [2.75, 3.05) is 19.4 Å². The third-order valence-electron chi connectivity index (χ3n) is 4.12. The lowest BCUT2D eigenvalue weighted by molar-refractivity contribution is 0.281. The molecule has 0 aromatic rings. The summed E-state index contributed by atoms with van der Waals surface area (Å²) in [5.74, 6) is 0.920. The number of hydrogen-bond donors (Lipinski definition) is 2. The molecule has 0 heterocycles. The molecule has 0 aliphatic heterocycles. The van der Waals surface area contributed by atoms with Gasteiger partial charge < -0.3 is 10.2 Å². The summed E-state index contributed by atoms with van der Waals surface area (Å²) in [5.41, 5.74) is 0. The van der Waals surface area contributed by atoms with Crippen molar-refractivity contribution >= 4 is 9.24 Å². The lowest BCUT2D eigenvalue weighted by Crippen LogP contribution is -2.02. The molecule has 0 aliphatic rings. The van der Waals surface area contributed by atoms with Crippen LogP contribution in [-0.4, -0.2) is 29.6 Å². The summed E-state index contributed by atoms with van der Waals surface area (Å²) in [6, 6.07) is 0. The molecule has 0 radical (unpaired) electrons. The van der Waals surface area contributed by atoms with Crippen molar-refractivity contribution in [3.8, 4) is 0 Å². The third kappa shape index (κ3) is 14.8. The van der Waals surface area contributed by atoms with Crippen LogP contribution >= 0.6 is 9.24 Å². The number of aliphatic hydroxyl groups excluding tert-OH is 2. The molecule has 20 heavy (non-hydrogen) atoms. The van der Waals surface area contributed by atoms with Gasteiger partial charge in [0.05, 0.1) is 0 Å². The molecule has 0 bridgehead atoms. The summed E-state index contributed by atoms with van der Waals surface area (Å²) in [6.45, 7) is 0.706. The summed E-state index contributed by atoms with van der Waals surface area (Å²) >= 11 is 0. The van der Waals surface area contributed by atoms with Crippen molar-refractivity contribution in [1.29, 1.82) is 0 Å². The Kier molecular flexibility index (Phi) is 17.7. The Balaban J connectivity index is 3.45. The Morgan fingerprint density at radius 1 is 0.550 bits per heavy atom. The minimum Gasteiger partial charge on any atom is -0.396 e. The number of hydrogen-bond acceptors (Lipinski definition) is 2. The molecule has 0 saturated heterocycles. The summed E-state index contributed by atoms with van der Waals surface area (Å²) in [7, 11) is 2.87. The topological polar surface area (TPSA) is 40.5 Å². The van der Waals surface area contributed by atoms with E-state index in [1.165, 1.54) is 76.8 Å². The fourth-order valence-electron chi connectivity index (χ4n) is 2.82. The van der Waals surface area contributed by atoms with Crippen LogP contribution in [0.3, 0.4) is 0 Å². The zero-order valence-electron chi connectivity index (χ0n) is 13.4. The summed E-state index contributed by atoms with van der Waals surface area (Å²) in [4.78, 5) is 0. The zero-order chi connectivity index (χ0) is 14.9. The highest BCUT2D eigenvalue weighted by Gasteiger charge is 2.07. The predicted molar refractivity (Wildman–Crippen MR) is 92.3 cm³/mol. The molecule has 122 valence electrons. The highest BCUT2D eigenvalue weighted by atomic mass is 31.0. The molecule has 0 aromatic carbocycles. The quantitative estimate of drug-likeness (QED) is 0.325. The first-order valence-electron chi connectivity index (χ1n) is 8.77. The van der Waals surface area contributed by atoms with Crippen LogP contribution in [0.25, 0.3) is 0 Å². The van der Waals surface area contributed by atoms with Crippen molar-refractivity contribution in [1.82, 2.24) is 0 Å². The van der Waals surface area contributed by atoms with E-state index in [-0.39, 0.29) is 0 Å². The normalized spacial score (nSPS) is 11.4. The van der Waals surface area contributed by atoms with E-state index in [0.717, 1.165) is 18.8 Å². The fourth-order valence-corrected chi connectivity index (χ4v) is 3.29. The summed E-state index contributed by atoms with van der Waals surface area (Å²) in [6.07, 6.45) is 17.7. The van der Waals surface area contributed by atoms with Gasteiger partial charge in [-0.1, -0.05) is 64.2 Å². The molecule has 0 saturated carbocycles. The van der Waals surface area contributed by atoms with E-state index in [1.54, 1.807) is 0 Å². The maximum atomic E-state index is 8.74. The van der Waals surface area contributed by atoms with Gasteiger partial charge in [0, 0.05) is 13.2 Å². The van der Waals surface area contributed by atoms with Crippen LogP contribution < -0.4 is 0 Å². The van der Waals surface area contributed by atoms with Gasteiger partial charge in [-0.15, -0.1) is 9.24 Å². The molecule has 0 fully saturated rings. The first-order valence-corrected chi connectivity index (χ1v) is 9.58. The van der Waals surface area contributed by atoms with E-state index >= 15 is 0 Å². The SMILES string of the molecule is OCCCCCCCC(CCP)CCCCCCCO. The molecule has 3 heteroatoms. The summed E-state index contributed by atoms with van der Waals surface area (Å²) in [5, 5.41) is 17.5. The maximum absolute atomic E-state index is 8.74. The van der Waals surface area contributed by atoms with Gasteiger partial charge in [0.15, 0.2) is 0 Å². The molecule has 0 rings (SSSR count). The van der Waals surface area contributed by atoms with Crippen molar-refractivity contribution in [3.05, 3.63) is 0 Å². The van der Waals surface area contributed by atoms with E-state index in [9.17, 15) is 0 Å². The minimum absolute atomic E-state index is 0.353. The van der Waals surface area contributed by atoms with E-state index in [0.29, 0.717) is 13.2 Å². The van der Waals surface area contributed by atoms with Crippen molar-refractivity contribution in [3.63, 3.8) is 0 Å². The van der Waals surface area contributed by atoms with Gasteiger partial charge in [-0.2, -0.15) is 0 Å². The molecule has 0 aromatic heterocycles. The second kappa shape index (κ2) is 17.4. The van der Waals surface area contributed by atoms with Gasteiger partial charge in [-0.25, -0.2) is 0 Å².